The third-order valence-electron chi connectivity index (χ3n) is 3.70. The Morgan fingerprint density at radius 1 is 1.29 bits per heavy atom. The van der Waals surface area contributed by atoms with Gasteiger partial charge in [-0.2, -0.15) is 0 Å². The highest BCUT2D eigenvalue weighted by Gasteiger charge is 2.22. The molecule has 1 aliphatic rings. The molecule has 0 spiro atoms. The van der Waals surface area contributed by atoms with Gasteiger partial charge in [0.2, 0.25) is 0 Å². The van der Waals surface area contributed by atoms with Gasteiger partial charge in [0.05, 0.1) is 6.04 Å². The first-order valence-electron chi connectivity index (χ1n) is 6.94. The van der Waals surface area contributed by atoms with Crippen LogP contribution >= 0.6 is 11.8 Å². The van der Waals surface area contributed by atoms with Crippen LogP contribution in [0.2, 0.25) is 0 Å². The van der Waals surface area contributed by atoms with Gasteiger partial charge in [-0.15, -0.1) is 11.8 Å². The van der Waals surface area contributed by atoms with Crippen molar-refractivity contribution in [3.8, 4) is 0 Å². The number of aryl methyl sites for hydroxylation is 1. The Bertz CT molecular complexity index is 686. The van der Waals surface area contributed by atoms with Gasteiger partial charge in [-0.05, 0) is 42.7 Å². The van der Waals surface area contributed by atoms with Crippen LogP contribution in [0.15, 0.2) is 47.4 Å². The standard InChI is InChI=1S/C17H16FNOS/c1-11-6-7-12(10-14(11)18)17(20)19-15-8-9-21-16-5-3-2-4-13(15)16/h2-7,10,15H,8-9H2,1H3,(H,19,20). The smallest absolute Gasteiger partial charge is 0.251 e. The zero-order valence-corrected chi connectivity index (χ0v) is 12.5. The third-order valence-corrected chi connectivity index (χ3v) is 4.82. The van der Waals surface area contributed by atoms with E-state index >= 15 is 0 Å². The van der Waals surface area contributed by atoms with Crippen LogP contribution in [0, 0.1) is 12.7 Å². The van der Waals surface area contributed by atoms with Gasteiger partial charge in [0, 0.05) is 16.2 Å². The van der Waals surface area contributed by atoms with Gasteiger partial charge in [0.1, 0.15) is 5.82 Å². The molecule has 2 aromatic carbocycles. The molecule has 1 N–H and O–H groups in total. The molecule has 0 saturated carbocycles. The quantitative estimate of drug-likeness (QED) is 0.904. The first-order chi connectivity index (χ1) is 10.1. The Morgan fingerprint density at radius 3 is 2.90 bits per heavy atom. The minimum atomic E-state index is -0.345. The highest BCUT2D eigenvalue weighted by molar-refractivity contribution is 7.99. The average molecular weight is 301 g/mol. The summed E-state index contributed by atoms with van der Waals surface area (Å²) in [6, 6.07) is 12.7. The molecule has 3 rings (SSSR count). The maximum atomic E-state index is 13.6. The summed E-state index contributed by atoms with van der Waals surface area (Å²) in [5.41, 5.74) is 2.06. The molecule has 1 amide bonds. The molecule has 1 unspecified atom stereocenters. The number of hydrogen-bond acceptors (Lipinski definition) is 2. The van der Waals surface area contributed by atoms with E-state index in [0.717, 1.165) is 17.7 Å². The Kier molecular flexibility index (Phi) is 3.97. The zero-order valence-electron chi connectivity index (χ0n) is 11.7. The fourth-order valence-corrected chi connectivity index (χ4v) is 3.59. The molecule has 0 fully saturated rings. The van der Waals surface area contributed by atoms with E-state index in [-0.39, 0.29) is 17.8 Å². The Labute approximate surface area is 127 Å². The number of rotatable bonds is 2. The Morgan fingerprint density at radius 2 is 2.10 bits per heavy atom. The van der Waals surface area contributed by atoms with Crippen molar-refractivity contribution in [2.24, 2.45) is 0 Å². The topological polar surface area (TPSA) is 29.1 Å². The van der Waals surface area contributed by atoms with Crippen LogP contribution in [-0.2, 0) is 0 Å². The molecule has 2 nitrogen and oxygen atoms in total. The van der Waals surface area contributed by atoms with Gasteiger partial charge in [-0.3, -0.25) is 4.79 Å². The number of carbonyl (C=O) groups excluding carboxylic acids is 1. The molecular formula is C17H16FNOS. The lowest BCUT2D eigenvalue weighted by Gasteiger charge is -2.25. The van der Waals surface area contributed by atoms with Crippen LogP contribution in [0.1, 0.15) is 33.9 Å². The van der Waals surface area contributed by atoms with Crippen LogP contribution in [0.5, 0.6) is 0 Å². The molecule has 0 radical (unpaired) electrons. The predicted octanol–water partition coefficient (Wildman–Crippen LogP) is 4.10. The lowest BCUT2D eigenvalue weighted by molar-refractivity contribution is 0.0934. The monoisotopic (exact) mass is 301 g/mol. The number of fused-ring (bicyclic) bond motifs is 1. The number of amides is 1. The minimum absolute atomic E-state index is 0.000635. The molecule has 4 heteroatoms. The van der Waals surface area contributed by atoms with E-state index in [0.29, 0.717) is 11.1 Å². The van der Waals surface area contributed by atoms with Crippen molar-refractivity contribution in [3.63, 3.8) is 0 Å². The largest absolute Gasteiger partial charge is 0.345 e. The minimum Gasteiger partial charge on any atom is -0.345 e. The van der Waals surface area contributed by atoms with Crippen molar-refractivity contribution < 1.29 is 9.18 Å². The average Bonchev–Trinajstić information content (AvgIpc) is 2.50. The SMILES string of the molecule is Cc1ccc(C(=O)NC2CCSc3ccccc32)cc1F. The fourth-order valence-electron chi connectivity index (χ4n) is 2.47. The van der Waals surface area contributed by atoms with E-state index in [9.17, 15) is 9.18 Å². The van der Waals surface area contributed by atoms with Crippen LogP contribution in [0.25, 0.3) is 0 Å². The number of carbonyl (C=O) groups is 1. The summed E-state index contributed by atoms with van der Waals surface area (Å²) in [4.78, 5) is 13.5. The van der Waals surface area contributed by atoms with Gasteiger partial charge < -0.3 is 5.32 Å². The zero-order chi connectivity index (χ0) is 14.8. The van der Waals surface area contributed by atoms with E-state index < -0.39 is 0 Å². The van der Waals surface area contributed by atoms with Gasteiger partial charge in [-0.1, -0.05) is 24.3 Å². The molecule has 21 heavy (non-hydrogen) atoms. The maximum absolute atomic E-state index is 13.6. The second-order valence-corrected chi connectivity index (χ2v) is 6.30. The van der Waals surface area contributed by atoms with Crippen LogP contribution < -0.4 is 5.32 Å². The summed E-state index contributed by atoms with van der Waals surface area (Å²) in [5.74, 6) is 0.410. The molecule has 0 aromatic heterocycles. The van der Waals surface area contributed by atoms with Crippen molar-refractivity contribution in [2.75, 3.05) is 5.75 Å². The van der Waals surface area contributed by atoms with E-state index in [1.54, 1.807) is 19.1 Å². The number of nitrogens with one attached hydrogen (secondary N) is 1. The van der Waals surface area contributed by atoms with E-state index in [1.807, 2.05) is 30.0 Å². The molecular weight excluding hydrogens is 285 g/mol. The number of halogens is 1. The third kappa shape index (κ3) is 2.95. The van der Waals surface area contributed by atoms with Crippen LogP contribution in [0.3, 0.4) is 0 Å². The van der Waals surface area contributed by atoms with Gasteiger partial charge in [0.25, 0.3) is 5.91 Å². The number of hydrogen-bond donors (Lipinski definition) is 1. The second-order valence-electron chi connectivity index (χ2n) is 5.16. The summed E-state index contributed by atoms with van der Waals surface area (Å²) < 4.78 is 13.6. The van der Waals surface area contributed by atoms with Crippen molar-refractivity contribution in [2.45, 2.75) is 24.3 Å². The Balaban J connectivity index is 1.81. The molecule has 0 bridgehead atoms. The fraction of sp³-hybridized carbons (Fsp3) is 0.235. The lowest BCUT2D eigenvalue weighted by atomic mass is 10.0. The highest BCUT2D eigenvalue weighted by atomic mass is 32.2. The molecule has 0 saturated heterocycles. The van der Waals surface area contributed by atoms with Crippen molar-refractivity contribution in [1.82, 2.24) is 5.32 Å². The van der Waals surface area contributed by atoms with E-state index in [4.69, 9.17) is 0 Å². The van der Waals surface area contributed by atoms with Crippen molar-refractivity contribution >= 4 is 17.7 Å². The second kappa shape index (κ2) is 5.90. The van der Waals surface area contributed by atoms with Crippen molar-refractivity contribution in [3.05, 3.63) is 65.0 Å². The molecule has 108 valence electrons. The summed E-state index contributed by atoms with van der Waals surface area (Å²) in [6.07, 6.45) is 0.891. The highest BCUT2D eigenvalue weighted by Crippen LogP contribution is 2.35. The first kappa shape index (κ1) is 14.1. The number of thioether (sulfide) groups is 1. The summed E-state index contributed by atoms with van der Waals surface area (Å²) in [5, 5.41) is 3.02. The normalized spacial score (nSPS) is 17.1. The molecule has 1 heterocycles. The summed E-state index contributed by atoms with van der Waals surface area (Å²) in [7, 11) is 0. The number of benzene rings is 2. The maximum Gasteiger partial charge on any atom is 0.251 e. The lowest BCUT2D eigenvalue weighted by Crippen LogP contribution is -2.30. The summed E-state index contributed by atoms with van der Waals surface area (Å²) >= 11 is 1.81. The molecule has 1 atom stereocenters. The van der Waals surface area contributed by atoms with Gasteiger partial charge >= 0.3 is 0 Å². The Hall–Kier alpha value is -1.81. The van der Waals surface area contributed by atoms with E-state index in [1.165, 1.54) is 11.0 Å². The first-order valence-corrected chi connectivity index (χ1v) is 7.92. The predicted molar refractivity (Wildman–Crippen MR) is 83.1 cm³/mol. The molecule has 1 aliphatic heterocycles. The molecule has 0 aliphatic carbocycles. The van der Waals surface area contributed by atoms with Crippen LogP contribution in [-0.4, -0.2) is 11.7 Å². The van der Waals surface area contributed by atoms with Crippen LogP contribution in [0.4, 0.5) is 4.39 Å². The van der Waals surface area contributed by atoms with Gasteiger partial charge in [0.15, 0.2) is 0 Å². The summed E-state index contributed by atoms with van der Waals surface area (Å²) in [6.45, 7) is 1.69. The molecule has 2 aromatic rings. The van der Waals surface area contributed by atoms with E-state index in [2.05, 4.69) is 11.4 Å². The van der Waals surface area contributed by atoms with Crippen molar-refractivity contribution in [1.29, 1.82) is 0 Å². The van der Waals surface area contributed by atoms with Gasteiger partial charge in [-0.25, -0.2) is 4.39 Å².